The minimum Gasteiger partial charge on any atom is -0.309 e. The number of halogens is 3. The van der Waals surface area contributed by atoms with Gasteiger partial charge in [0.1, 0.15) is 11.6 Å². The van der Waals surface area contributed by atoms with Crippen LogP contribution < -0.4 is 5.32 Å². The number of hydrogen-bond donors (Lipinski definition) is 1. The van der Waals surface area contributed by atoms with Gasteiger partial charge in [-0.25, -0.2) is 8.78 Å². The molecule has 3 rings (SSSR count). The van der Waals surface area contributed by atoms with Crippen molar-refractivity contribution in [3.05, 3.63) is 69.0 Å². The van der Waals surface area contributed by atoms with E-state index in [1.165, 1.54) is 29.5 Å². The summed E-state index contributed by atoms with van der Waals surface area (Å²) in [4.78, 5) is 0.954. The van der Waals surface area contributed by atoms with Gasteiger partial charge in [0.2, 0.25) is 0 Å². The highest BCUT2D eigenvalue weighted by molar-refractivity contribution is 9.10. The first kappa shape index (κ1) is 14.6. The maximum Gasteiger partial charge on any atom is 0.128 e. The molecule has 0 aliphatic carbocycles. The third-order valence-corrected chi connectivity index (χ3v) is 5.01. The van der Waals surface area contributed by atoms with Crippen LogP contribution in [0.3, 0.4) is 0 Å². The van der Waals surface area contributed by atoms with Crippen molar-refractivity contribution in [1.29, 1.82) is 0 Å². The van der Waals surface area contributed by atoms with Gasteiger partial charge < -0.3 is 5.32 Å². The van der Waals surface area contributed by atoms with Crippen LogP contribution in [0.4, 0.5) is 8.78 Å². The van der Waals surface area contributed by atoms with Crippen molar-refractivity contribution in [3.63, 3.8) is 0 Å². The molecule has 1 atom stereocenters. The predicted octanol–water partition coefficient (Wildman–Crippen LogP) is 5.25. The molecule has 108 valence electrons. The number of thiophene rings is 1. The predicted molar refractivity (Wildman–Crippen MR) is 86.8 cm³/mol. The van der Waals surface area contributed by atoms with E-state index in [9.17, 15) is 8.78 Å². The normalized spacial score (nSPS) is 12.8. The standard InChI is InChI=1S/C16H12BrF2NS/c1-20-16(12-8-10(17)2-4-13(12)19)15-7-9-6-11(18)3-5-14(9)21-15/h2-8,16,20H,1H3. The number of nitrogens with one attached hydrogen (secondary N) is 1. The maximum atomic E-state index is 14.1. The van der Waals surface area contributed by atoms with E-state index < -0.39 is 0 Å². The average molecular weight is 368 g/mol. The van der Waals surface area contributed by atoms with Gasteiger partial charge >= 0.3 is 0 Å². The number of benzene rings is 2. The van der Waals surface area contributed by atoms with Gasteiger partial charge in [-0.2, -0.15) is 0 Å². The summed E-state index contributed by atoms with van der Waals surface area (Å²) < 4.78 is 29.2. The molecule has 0 saturated carbocycles. The summed E-state index contributed by atoms with van der Waals surface area (Å²) in [6, 6.07) is 11.2. The summed E-state index contributed by atoms with van der Waals surface area (Å²) in [7, 11) is 1.79. The zero-order chi connectivity index (χ0) is 15.0. The van der Waals surface area contributed by atoms with Gasteiger partial charge in [-0.15, -0.1) is 11.3 Å². The molecule has 3 aromatic rings. The van der Waals surface area contributed by atoms with Crippen LogP contribution in [0.1, 0.15) is 16.5 Å². The van der Waals surface area contributed by atoms with Crippen LogP contribution in [0.15, 0.2) is 46.9 Å². The van der Waals surface area contributed by atoms with Gasteiger partial charge in [0, 0.05) is 19.6 Å². The number of hydrogen-bond acceptors (Lipinski definition) is 2. The average Bonchev–Trinajstić information content (AvgIpc) is 2.86. The smallest absolute Gasteiger partial charge is 0.128 e. The lowest BCUT2D eigenvalue weighted by Gasteiger charge is -2.16. The monoisotopic (exact) mass is 367 g/mol. The Labute approximate surface area is 133 Å². The molecule has 21 heavy (non-hydrogen) atoms. The molecule has 0 spiro atoms. The second-order valence-electron chi connectivity index (χ2n) is 4.72. The van der Waals surface area contributed by atoms with Crippen LogP contribution in [0, 0.1) is 11.6 Å². The summed E-state index contributed by atoms with van der Waals surface area (Å²) in [5.41, 5.74) is 0.568. The third-order valence-electron chi connectivity index (χ3n) is 3.34. The lowest BCUT2D eigenvalue weighted by Crippen LogP contribution is -2.17. The van der Waals surface area contributed by atoms with E-state index >= 15 is 0 Å². The first-order chi connectivity index (χ1) is 10.1. The fraction of sp³-hybridized carbons (Fsp3) is 0.125. The fourth-order valence-corrected chi connectivity index (χ4v) is 3.92. The van der Waals surface area contributed by atoms with Crippen LogP contribution >= 0.6 is 27.3 Å². The lowest BCUT2D eigenvalue weighted by molar-refractivity contribution is 0.579. The topological polar surface area (TPSA) is 12.0 Å². The largest absolute Gasteiger partial charge is 0.309 e. The Bertz CT molecular complexity index is 800. The highest BCUT2D eigenvalue weighted by Crippen LogP contribution is 2.35. The Balaban J connectivity index is 2.11. The summed E-state index contributed by atoms with van der Waals surface area (Å²) >= 11 is 4.91. The first-order valence-corrected chi connectivity index (χ1v) is 8.00. The molecule has 0 aliphatic rings. The van der Waals surface area contributed by atoms with Crippen molar-refractivity contribution in [1.82, 2.24) is 5.32 Å². The quantitative estimate of drug-likeness (QED) is 0.666. The minimum absolute atomic E-state index is 0.261. The van der Waals surface area contributed by atoms with Crippen molar-refractivity contribution in [2.24, 2.45) is 0 Å². The van der Waals surface area contributed by atoms with E-state index in [4.69, 9.17) is 0 Å². The molecular formula is C16H12BrF2NS. The van der Waals surface area contributed by atoms with Gasteiger partial charge in [0.25, 0.3) is 0 Å². The molecule has 0 saturated heterocycles. The first-order valence-electron chi connectivity index (χ1n) is 6.39. The van der Waals surface area contributed by atoms with Crippen LogP contribution in [-0.2, 0) is 0 Å². The molecule has 0 radical (unpaired) electrons. The molecule has 1 aromatic heterocycles. The van der Waals surface area contributed by atoms with Gasteiger partial charge in [-0.3, -0.25) is 0 Å². The molecule has 5 heteroatoms. The molecule has 0 bridgehead atoms. The Kier molecular flexibility index (Phi) is 4.06. The molecule has 1 nitrogen and oxygen atoms in total. The van der Waals surface area contributed by atoms with E-state index in [-0.39, 0.29) is 17.7 Å². The van der Waals surface area contributed by atoms with Crippen molar-refractivity contribution in [2.45, 2.75) is 6.04 Å². The van der Waals surface area contributed by atoms with E-state index in [0.717, 1.165) is 19.4 Å². The summed E-state index contributed by atoms with van der Waals surface area (Å²) in [5, 5.41) is 3.97. The Morgan fingerprint density at radius 3 is 2.67 bits per heavy atom. The fourth-order valence-electron chi connectivity index (χ4n) is 2.36. The summed E-state index contributed by atoms with van der Waals surface area (Å²) in [6.45, 7) is 0. The van der Waals surface area contributed by atoms with Gasteiger partial charge in [-0.05, 0) is 54.9 Å². The molecular weight excluding hydrogens is 356 g/mol. The number of rotatable bonds is 3. The summed E-state index contributed by atoms with van der Waals surface area (Å²) in [5.74, 6) is -0.525. The van der Waals surface area contributed by atoms with Crippen LogP contribution in [0.2, 0.25) is 0 Å². The SMILES string of the molecule is CNC(c1cc2cc(F)ccc2s1)c1cc(Br)ccc1F. The number of fused-ring (bicyclic) bond motifs is 1. The zero-order valence-corrected chi connectivity index (χ0v) is 13.6. The minimum atomic E-state index is -0.263. The second kappa shape index (κ2) is 5.83. The molecule has 1 heterocycles. The molecule has 0 amide bonds. The molecule has 0 fully saturated rings. The zero-order valence-electron chi connectivity index (χ0n) is 11.2. The van der Waals surface area contributed by atoms with Crippen molar-refractivity contribution >= 4 is 37.4 Å². The third kappa shape index (κ3) is 2.86. The Morgan fingerprint density at radius 1 is 1.10 bits per heavy atom. The van der Waals surface area contributed by atoms with Crippen LogP contribution in [-0.4, -0.2) is 7.05 Å². The lowest BCUT2D eigenvalue weighted by atomic mass is 10.0. The highest BCUT2D eigenvalue weighted by atomic mass is 79.9. The second-order valence-corrected chi connectivity index (χ2v) is 6.75. The molecule has 1 unspecified atom stereocenters. The van der Waals surface area contributed by atoms with E-state index in [2.05, 4.69) is 21.2 Å². The van der Waals surface area contributed by atoms with Crippen LogP contribution in [0.5, 0.6) is 0 Å². The van der Waals surface area contributed by atoms with Gasteiger partial charge in [0.15, 0.2) is 0 Å². The van der Waals surface area contributed by atoms with E-state index in [0.29, 0.717) is 5.56 Å². The Hall–Kier alpha value is -1.30. The van der Waals surface area contributed by atoms with Crippen LogP contribution in [0.25, 0.3) is 10.1 Å². The highest BCUT2D eigenvalue weighted by Gasteiger charge is 2.19. The van der Waals surface area contributed by atoms with Gasteiger partial charge in [-0.1, -0.05) is 15.9 Å². The molecule has 1 N–H and O–H groups in total. The molecule has 0 aliphatic heterocycles. The maximum absolute atomic E-state index is 14.1. The van der Waals surface area contributed by atoms with E-state index in [1.807, 2.05) is 6.07 Å². The van der Waals surface area contributed by atoms with Gasteiger partial charge in [0.05, 0.1) is 6.04 Å². The molecule has 2 aromatic carbocycles. The van der Waals surface area contributed by atoms with Crippen molar-refractivity contribution in [3.8, 4) is 0 Å². The summed E-state index contributed by atoms with van der Waals surface area (Å²) in [6.07, 6.45) is 0. The van der Waals surface area contributed by atoms with Crippen molar-refractivity contribution < 1.29 is 8.78 Å². The van der Waals surface area contributed by atoms with Crippen molar-refractivity contribution in [2.75, 3.05) is 7.05 Å². The Morgan fingerprint density at radius 2 is 1.90 bits per heavy atom. The van der Waals surface area contributed by atoms with E-state index in [1.54, 1.807) is 25.2 Å².